The molecular formula is C16H29N3. The fourth-order valence-electron chi connectivity index (χ4n) is 3.75. The fraction of sp³-hybridized carbons (Fsp3) is 0.938. The fourth-order valence-corrected chi connectivity index (χ4v) is 3.75. The molecule has 3 nitrogen and oxygen atoms in total. The Morgan fingerprint density at radius 1 is 1.11 bits per heavy atom. The Morgan fingerprint density at radius 3 is 2.16 bits per heavy atom. The molecule has 2 aliphatic rings. The molecule has 19 heavy (non-hydrogen) atoms. The third-order valence-electron chi connectivity index (χ3n) is 5.12. The van der Waals surface area contributed by atoms with Crippen LogP contribution in [0.3, 0.4) is 0 Å². The van der Waals surface area contributed by atoms with Crippen LogP contribution in [0.5, 0.6) is 0 Å². The zero-order valence-corrected chi connectivity index (χ0v) is 12.8. The summed E-state index contributed by atoms with van der Waals surface area (Å²) in [6.45, 7) is 11.2. The van der Waals surface area contributed by atoms with Crippen LogP contribution in [-0.2, 0) is 0 Å². The summed E-state index contributed by atoms with van der Waals surface area (Å²) >= 11 is 0. The summed E-state index contributed by atoms with van der Waals surface area (Å²) in [7, 11) is 0. The predicted octanol–water partition coefficient (Wildman–Crippen LogP) is 2.64. The Hall–Kier alpha value is -0.590. The van der Waals surface area contributed by atoms with Gasteiger partial charge in [-0.25, -0.2) is 0 Å². The average molecular weight is 263 g/mol. The highest BCUT2D eigenvalue weighted by molar-refractivity contribution is 4.99. The van der Waals surface area contributed by atoms with E-state index in [0.717, 1.165) is 32.1 Å². The third-order valence-corrected chi connectivity index (χ3v) is 5.12. The van der Waals surface area contributed by atoms with E-state index in [-0.39, 0.29) is 6.04 Å². The van der Waals surface area contributed by atoms with Gasteiger partial charge >= 0.3 is 0 Å². The van der Waals surface area contributed by atoms with Crippen molar-refractivity contribution >= 4 is 0 Å². The monoisotopic (exact) mass is 263 g/mol. The molecule has 0 spiro atoms. The normalized spacial score (nSPS) is 31.7. The van der Waals surface area contributed by atoms with Gasteiger partial charge in [0.2, 0.25) is 0 Å². The molecule has 0 aromatic rings. The van der Waals surface area contributed by atoms with Crippen molar-refractivity contribution in [3.8, 4) is 6.07 Å². The molecule has 1 aliphatic carbocycles. The molecule has 0 aromatic heterocycles. The van der Waals surface area contributed by atoms with E-state index in [4.69, 9.17) is 0 Å². The van der Waals surface area contributed by atoms with Gasteiger partial charge in [0.05, 0.1) is 6.07 Å². The smallest absolute Gasteiger partial charge is 0.101 e. The van der Waals surface area contributed by atoms with E-state index in [1.165, 1.54) is 25.7 Å². The van der Waals surface area contributed by atoms with Crippen molar-refractivity contribution in [2.24, 2.45) is 17.3 Å². The maximum absolute atomic E-state index is 9.54. The standard InChI is InChI=1S/C16H29N3/c1-16(2,3)14-6-4-13(5-7-14)15(12-17)19-10-8-18-9-11-19/h13-15,18H,4-11H2,1-3H3. The molecule has 1 N–H and O–H groups in total. The maximum atomic E-state index is 9.54. The van der Waals surface area contributed by atoms with E-state index in [9.17, 15) is 5.26 Å². The zero-order valence-electron chi connectivity index (χ0n) is 12.8. The molecule has 1 saturated carbocycles. The van der Waals surface area contributed by atoms with E-state index in [1.807, 2.05) is 0 Å². The molecule has 0 radical (unpaired) electrons. The molecule has 0 bridgehead atoms. The van der Waals surface area contributed by atoms with Crippen molar-refractivity contribution in [1.82, 2.24) is 10.2 Å². The number of hydrogen-bond donors (Lipinski definition) is 1. The second kappa shape index (κ2) is 6.24. The van der Waals surface area contributed by atoms with E-state index in [2.05, 4.69) is 37.1 Å². The second-order valence-corrected chi connectivity index (χ2v) is 7.34. The lowest BCUT2D eigenvalue weighted by atomic mass is 9.68. The zero-order chi connectivity index (χ0) is 13.9. The number of piperazine rings is 1. The lowest BCUT2D eigenvalue weighted by Gasteiger charge is -2.41. The molecule has 2 fully saturated rings. The molecule has 2 rings (SSSR count). The number of nitriles is 1. The molecule has 1 unspecified atom stereocenters. The van der Waals surface area contributed by atoms with Gasteiger partial charge in [-0.1, -0.05) is 20.8 Å². The third kappa shape index (κ3) is 3.70. The van der Waals surface area contributed by atoms with Crippen LogP contribution in [0.4, 0.5) is 0 Å². The van der Waals surface area contributed by atoms with Gasteiger partial charge < -0.3 is 5.32 Å². The first-order valence-corrected chi connectivity index (χ1v) is 7.87. The van der Waals surface area contributed by atoms with Crippen LogP contribution >= 0.6 is 0 Å². The van der Waals surface area contributed by atoms with Crippen LogP contribution in [0.2, 0.25) is 0 Å². The molecule has 1 atom stereocenters. The summed E-state index contributed by atoms with van der Waals surface area (Å²) in [5.41, 5.74) is 0.433. The van der Waals surface area contributed by atoms with E-state index < -0.39 is 0 Å². The van der Waals surface area contributed by atoms with E-state index in [1.54, 1.807) is 0 Å². The van der Waals surface area contributed by atoms with Gasteiger partial charge in [-0.05, 0) is 42.9 Å². The van der Waals surface area contributed by atoms with Crippen LogP contribution in [0.15, 0.2) is 0 Å². The van der Waals surface area contributed by atoms with Crippen molar-refractivity contribution in [3.05, 3.63) is 0 Å². The molecule has 1 saturated heterocycles. The molecule has 0 aromatic carbocycles. The summed E-state index contributed by atoms with van der Waals surface area (Å²) in [5, 5.41) is 12.9. The van der Waals surface area contributed by atoms with Crippen LogP contribution < -0.4 is 5.32 Å². The molecular weight excluding hydrogens is 234 g/mol. The quantitative estimate of drug-likeness (QED) is 0.832. The molecule has 1 aliphatic heterocycles. The Morgan fingerprint density at radius 2 is 1.68 bits per heavy atom. The molecule has 108 valence electrons. The number of rotatable bonds is 2. The van der Waals surface area contributed by atoms with Gasteiger partial charge in [-0.15, -0.1) is 0 Å². The Bertz CT molecular complexity index is 312. The molecule has 0 amide bonds. The van der Waals surface area contributed by atoms with Gasteiger partial charge in [0.25, 0.3) is 0 Å². The average Bonchev–Trinajstić information content (AvgIpc) is 2.40. The van der Waals surface area contributed by atoms with Gasteiger partial charge in [0, 0.05) is 26.2 Å². The van der Waals surface area contributed by atoms with Crippen LogP contribution in [0.25, 0.3) is 0 Å². The first kappa shape index (κ1) is 14.8. The van der Waals surface area contributed by atoms with Crippen molar-refractivity contribution in [1.29, 1.82) is 5.26 Å². The highest BCUT2D eigenvalue weighted by Crippen LogP contribution is 2.41. The highest BCUT2D eigenvalue weighted by Gasteiger charge is 2.35. The SMILES string of the molecule is CC(C)(C)C1CCC(C(C#N)N2CCNCC2)CC1. The van der Waals surface area contributed by atoms with Gasteiger partial charge in [-0.2, -0.15) is 5.26 Å². The minimum Gasteiger partial charge on any atom is -0.314 e. The van der Waals surface area contributed by atoms with Crippen molar-refractivity contribution in [2.45, 2.75) is 52.5 Å². The van der Waals surface area contributed by atoms with Crippen molar-refractivity contribution < 1.29 is 0 Å². The minimum absolute atomic E-state index is 0.156. The number of nitrogens with one attached hydrogen (secondary N) is 1. The van der Waals surface area contributed by atoms with Crippen LogP contribution in [0, 0.1) is 28.6 Å². The summed E-state index contributed by atoms with van der Waals surface area (Å²) < 4.78 is 0. The Balaban J connectivity index is 1.90. The van der Waals surface area contributed by atoms with Crippen LogP contribution in [-0.4, -0.2) is 37.1 Å². The van der Waals surface area contributed by atoms with Gasteiger partial charge in [0.15, 0.2) is 0 Å². The second-order valence-electron chi connectivity index (χ2n) is 7.34. The first-order chi connectivity index (χ1) is 9.02. The number of nitrogens with zero attached hydrogens (tertiary/aromatic N) is 2. The largest absolute Gasteiger partial charge is 0.314 e. The van der Waals surface area contributed by atoms with Crippen molar-refractivity contribution in [3.63, 3.8) is 0 Å². The van der Waals surface area contributed by atoms with Crippen molar-refractivity contribution in [2.75, 3.05) is 26.2 Å². The Kier molecular flexibility index (Phi) is 4.86. The summed E-state index contributed by atoms with van der Waals surface area (Å²) in [6, 6.07) is 2.75. The topological polar surface area (TPSA) is 39.1 Å². The first-order valence-electron chi connectivity index (χ1n) is 7.87. The number of hydrogen-bond acceptors (Lipinski definition) is 3. The summed E-state index contributed by atoms with van der Waals surface area (Å²) in [4.78, 5) is 2.40. The van der Waals surface area contributed by atoms with E-state index in [0.29, 0.717) is 11.3 Å². The van der Waals surface area contributed by atoms with Gasteiger partial charge in [0.1, 0.15) is 6.04 Å². The van der Waals surface area contributed by atoms with Crippen LogP contribution in [0.1, 0.15) is 46.5 Å². The van der Waals surface area contributed by atoms with Gasteiger partial charge in [-0.3, -0.25) is 4.90 Å². The Labute approximate surface area is 118 Å². The van der Waals surface area contributed by atoms with E-state index >= 15 is 0 Å². The lowest BCUT2D eigenvalue weighted by molar-refractivity contribution is 0.0946. The lowest BCUT2D eigenvalue weighted by Crippen LogP contribution is -2.51. The molecule has 1 heterocycles. The maximum Gasteiger partial charge on any atom is 0.101 e. The highest BCUT2D eigenvalue weighted by atomic mass is 15.2. The summed E-state index contributed by atoms with van der Waals surface area (Å²) in [5.74, 6) is 1.44. The predicted molar refractivity (Wildman–Crippen MR) is 78.7 cm³/mol. The summed E-state index contributed by atoms with van der Waals surface area (Å²) in [6.07, 6.45) is 5.09. The molecule has 3 heteroatoms. The minimum atomic E-state index is 0.156.